The molecule has 134 valence electrons. The quantitative estimate of drug-likeness (QED) is 0.746. The summed E-state index contributed by atoms with van der Waals surface area (Å²) in [7, 11) is 0. The van der Waals surface area contributed by atoms with Crippen molar-refractivity contribution in [3.05, 3.63) is 35.4 Å². The number of aliphatic hydroxyl groups excluding tert-OH is 1. The van der Waals surface area contributed by atoms with Gasteiger partial charge in [0.15, 0.2) is 0 Å². The standard InChI is InChI=1S/C19H30N2O3/c1-12(2)16(18(24)20-13(3)11-22)21-17(23)14-7-9-15(10-8-14)19(4,5)6/h7-10,12-13,16,22H,11H2,1-6H3,(H,20,24)(H,21,23). The van der Waals surface area contributed by atoms with Crippen LogP contribution in [0.5, 0.6) is 0 Å². The topological polar surface area (TPSA) is 78.4 Å². The number of hydrogen-bond acceptors (Lipinski definition) is 3. The number of carbonyl (C=O) groups excluding carboxylic acids is 2. The molecule has 2 unspecified atom stereocenters. The van der Waals surface area contributed by atoms with Crippen LogP contribution in [0.15, 0.2) is 24.3 Å². The molecule has 24 heavy (non-hydrogen) atoms. The SMILES string of the molecule is CC(CO)NC(=O)C(NC(=O)c1ccc(C(C)(C)C)cc1)C(C)C. The number of nitrogens with one attached hydrogen (secondary N) is 2. The van der Waals surface area contributed by atoms with Crippen LogP contribution in [0.1, 0.15) is 57.5 Å². The highest BCUT2D eigenvalue weighted by Gasteiger charge is 2.25. The second kappa shape index (κ2) is 8.29. The Bertz CT molecular complexity index is 559. The minimum Gasteiger partial charge on any atom is -0.394 e. The van der Waals surface area contributed by atoms with Gasteiger partial charge in [-0.05, 0) is 36.0 Å². The van der Waals surface area contributed by atoms with E-state index in [0.29, 0.717) is 5.56 Å². The molecule has 0 saturated heterocycles. The molecule has 0 spiro atoms. The molecule has 0 aliphatic carbocycles. The first-order valence-electron chi connectivity index (χ1n) is 8.39. The van der Waals surface area contributed by atoms with Crippen molar-refractivity contribution in [2.45, 2.75) is 59.0 Å². The van der Waals surface area contributed by atoms with Gasteiger partial charge in [0, 0.05) is 11.6 Å². The predicted octanol–water partition coefficient (Wildman–Crippen LogP) is 2.24. The Balaban J connectivity index is 2.84. The van der Waals surface area contributed by atoms with E-state index in [0.717, 1.165) is 5.56 Å². The lowest BCUT2D eigenvalue weighted by Crippen LogP contribution is -2.52. The van der Waals surface area contributed by atoms with Gasteiger partial charge in [-0.25, -0.2) is 0 Å². The highest BCUT2D eigenvalue weighted by Crippen LogP contribution is 2.22. The fourth-order valence-electron chi connectivity index (χ4n) is 2.26. The van der Waals surface area contributed by atoms with Crippen LogP contribution in [0, 0.1) is 5.92 Å². The van der Waals surface area contributed by atoms with Crippen molar-refractivity contribution in [1.82, 2.24) is 10.6 Å². The van der Waals surface area contributed by atoms with E-state index in [-0.39, 0.29) is 35.8 Å². The number of benzene rings is 1. The van der Waals surface area contributed by atoms with Gasteiger partial charge in [0.2, 0.25) is 5.91 Å². The van der Waals surface area contributed by atoms with E-state index in [1.165, 1.54) is 0 Å². The third kappa shape index (κ3) is 5.64. The predicted molar refractivity (Wildman–Crippen MR) is 95.9 cm³/mol. The molecule has 0 radical (unpaired) electrons. The van der Waals surface area contributed by atoms with Crippen LogP contribution in [0.2, 0.25) is 0 Å². The fourth-order valence-corrected chi connectivity index (χ4v) is 2.26. The minimum absolute atomic E-state index is 0.0236. The third-order valence-corrected chi connectivity index (χ3v) is 3.91. The zero-order valence-corrected chi connectivity index (χ0v) is 15.5. The summed E-state index contributed by atoms with van der Waals surface area (Å²) >= 11 is 0. The van der Waals surface area contributed by atoms with Crippen LogP contribution < -0.4 is 10.6 Å². The Morgan fingerprint density at radius 3 is 2.00 bits per heavy atom. The van der Waals surface area contributed by atoms with Crippen LogP contribution in [-0.2, 0) is 10.2 Å². The molecule has 0 aromatic heterocycles. The molecule has 3 N–H and O–H groups in total. The van der Waals surface area contributed by atoms with Gasteiger partial charge in [0.1, 0.15) is 6.04 Å². The molecule has 1 aromatic rings. The maximum Gasteiger partial charge on any atom is 0.251 e. The Hall–Kier alpha value is -1.88. The molecule has 2 atom stereocenters. The molecular weight excluding hydrogens is 304 g/mol. The number of rotatable bonds is 6. The van der Waals surface area contributed by atoms with Crippen molar-refractivity contribution >= 4 is 11.8 Å². The second-order valence-electron chi connectivity index (χ2n) is 7.61. The Labute approximate surface area is 144 Å². The molecule has 1 aromatic carbocycles. The summed E-state index contributed by atoms with van der Waals surface area (Å²) in [5.74, 6) is -0.624. The Morgan fingerprint density at radius 2 is 1.58 bits per heavy atom. The van der Waals surface area contributed by atoms with Crippen LogP contribution >= 0.6 is 0 Å². The molecule has 1 rings (SSSR count). The van der Waals surface area contributed by atoms with Gasteiger partial charge >= 0.3 is 0 Å². The number of carbonyl (C=O) groups is 2. The van der Waals surface area contributed by atoms with Gasteiger partial charge < -0.3 is 15.7 Å². The van der Waals surface area contributed by atoms with Crippen molar-refractivity contribution in [3.63, 3.8) is 0 Å². The number of hydrogen-bond donors (Lipinski definition) is 3. The molecule has 0 heterocycles. The molecule has 5 heteroatoms. The second-order valence-corrected chi connectivity index (χ2v) is 7.61. The summed E-state index contributed by atoms with van der Waals surface area (Å²) in [6.07, 6.45) is 0. The van der Waals surface area contributed by atoms with Crippen molar-refractivity contribution in [2.24, 2.45) is 5.92 Å². The first-order valence-corrected chi connectivity index (χ1v) is 8.39. The first kappa shape index (κ1) is 20.2. The van der Waals surface area contributed by atoms with Gasteiger partial charge in [-0.1, -0.05) is 46.8 Å². The number of amides is 2. The molecule has 0 saturated carbocycles. The van der Waals surface area contributed by atoms with E-state index in [1.54, 1.807) is 19.1 Å². The molecule has 2 amide bonds. The lowest BCUT2D eigenvalue weighted by atomic mass is 9.86. The molecular formula is C19H30N2O3. The van der Waals surface area contributed by atoms with Crippen LogP contribution in [0.4, 0.5) is 0 Å². The van der Waals surface area contributed by atoms with Gasteiger partial charge in [-0.2, -0.15) is 0 Å². The summed E-state index contributed by atoms with van der Waals surface area (Å²) in [6, 6.07) is 6.44. The van der Waals surface area contributed by atoms with Crippen molar-refractivity contribution in [1.29, 1.82) is 0 Å². The average Bonchev–Trinajstić information content (AvgIpc) is 2.50. The highest BCUT2D eigenvalue weighted by molar-refractivity contribution is 5.97. The zero-order valence-electron chi connectivity index (χ0n) is 15.5. The summed E-state index contributed by atoms with van der Waals surface area (Å²) in [5.41, 5.74) is 1.70. The fraction of sp³-hybridized carbons (Fsp3) is 0.579. The lowest BCUT2D eigenvalue weighted by molar-refractivity contribution is -0.124. The largest absolute Gasteiger partial charge is 0.394 e. The number of aliphatic hydroxyl groups is 1. The smallest absolute Gasteiger partial charge is 0.251 e. The van der Waals surface area contributed by atoms with Crippen molar-refractivity contribution in [3.8, 4) is 0 Å². The van der Waals surface area contributed by atoms with Crippen LogP contribution in [0.3, 0.4) is 0 Å². The first-order chi connectivity index (χ1) is 11.1. The summed E-state index contributed by atoms with van der Waals surface area (Å²) in [6.45, 7) is 11.7. The lowest BCUT2D eigenvalue weighted by Gasteiger charge is -2.24. The summed E-state index contributed by atoms with van der Waals surface area (Å²) in [5, 5.41) is 14.5. The van der Waals surface area contributed by atoms with Gasteiger partial charge in [-0.3, -0.25) is 9.59 Å². The molecule has 0 aliphatic rings. The van der Waals surface area contributed by atoms with E-state index >= 15 is 0 Å². The molecule has 5 nitrogen and oxygen atoms in total. The van der Waals surface area contributed by atoms with Crippen molar-refractivity contribution in [2.75, 3.05) is 6.61 Å². The van der Waals surface area contributed by atoms with Gasteiger partial charge in [-0.15, -0.1) is 0 Å². The average molecular weight is 334 g/mol. The highest BCUT2D eigenvalue weighted by atomic mass is 16.3. The van der Waals surface area contributed by atoms with Gasteiger partial charge in [0.25, 0.3) is 5.91 Å². The van der Waals surface area contributed by atoms with E-state index in [9.17, 15) is 9.59 Å². The minimum atomic E-state index is -0.645. The van der Waals surface area contributed by atoms with Crippen LogP contribution in [-0.4, -0.2) is 35.6 Å². The molecule has 0 aliphatic heterocycles. The van der Waals surface area contributed by atoms with E-state index < -0.39 is 6.04 Å². The van der Waals surface area contributed by atoms with E-state index in [4.69, 9.17) is 5.11 Å². The van der Waals surface area contributed by atoms with Crippen molar-refractivity contribution < 1.29 is 14.7 Å². The Morgan fingerprint density at radius 1 is 1.04 bits per heavy atom. The molecule has 0 fully saturated rings. The molecule has 0 bridgehead atoms. The normalized spacial score (nSPS) is 14.2. The van der Waals surface area contributed by atoms with Gasteiger partial charge in [0.05, 0.1) is 6.61 Å². The zero-order chi connectivity index (χ0) is 18.5. The van der Waals surface area contributed by atoms with E-state index in [2.05, 4.69) is 31.4 Å². The maximum absolute atomic E-state index is 12.4. The maximum atomic E-state index is 12.4. The van der Waals surface area contributed by atoms with Crippen LogP contribution in [0.25, 0.3) is 0 Å². The third-order valence-electron chi connectivity index (χ3n) is 3.91. The van der Waals surface area contributed by atoms with E-state index in [1.807, 2.05) is 26.0 Å². The summed E-state index contributed by atoms with van der Waals surface area (Å²) < 4.78 is 0. The monoisotopic (exact) mass is 334 g/mol. The Kier molecular flexibility index (Phi) is 6.96. The summed E-state index contributed by atoms with van der Waals surface area (Å²) in [4.78, 5) is 24.7.